The van der Waals surface area contributed by atoms with Crippen LogP contribution < -0.4 is 5.32 Å². The van der Waals surface area contributed by atoms with Crippen LogP contribution >= 0.6 is 23.2 Å². The summed E-state index contributed by atoms with van der Waals surface area (Å²) in [6.45, 7) is 0. The number of ether oxygens (including phenoxy) is 1. The lowest BCUT2D eigenvalue weighted by Crippen LogP contribution is -2.12. The predicted octanol–water partition coefficient (Wildman–Crippen LogP) is 4.43. The van der Waals surface area contributed by atoms with Gasteiger partial charge >= 0.3 is 5.97 Å². The average molecular weight is 350 g/mol. The fourth-order valence-electron chi connectivity index (χ4n) is 1.86. The van der Waals surface area contributed by atoms with E-state index in [2.05, 4.69) is 10.1 Å². The number of amides is 1. The first kappa shape index (κ1) is 17.1. The smallest absolute Gasteiger partial charge is 0.339 e. The first-order valence-electron chi connectivity index (χ1n) is 6.62. The molecule has 0 atom stereocenters. The van der Waals surface area contributed by atoms with E-state index in [1.807, 2.05) is 0 Å². The minimum Gasteiger partial charge on any atom is -0.465 e. The van der Waals surface area contributed by atoms with Crippen LogP contribution in [0.4, 0.5) is 5.69 Å². The van der Waals surface area contributed by atoms with Crippen LogP contribution in [0.2, 0.25) is 10.0 Å². The molecule has 0 aliphatic carbocycles. The van der Waals surface area contributed by atoms with Crippen LogP contribution in [0.15, 0.2) is 48.5 Å². The van der Waals surface area contributed by atoms with E-state index in [1.165, 1.54) is 13.2 Å². The minimum absolute atomic E-state index is 0.279. The molecule has 0 saturated carbocycles. The molecule has 1 amide bonds. The quantitative estimate of drug-likeness (QED) is 0.656. The molecule has 6 heteroatoms. The Kier molecular flexibility index (Phi) is 5.79. The van der Waals surface area contributed by atoms with E-state index in [1.54, 1.807) is 48.5 Å². The van der Waals surface area contributed by atoms with Gasteiger partial charge in [0.05, 0.1) is 18.4 Å². The van der Waals surface area contributed by atoms with Gasteiger partial charge in [0.25, 0.3) is 0 Å². The van der Waals surface area contributed by atoms with Crippen molar-refractivity contribution >= 4 is 46.8 Å². The highest BCUT2D eigenvalue weighted by atomic mass is 35.5. The first-order valence-corrected chi connectivity index (χ1v) is 7.38. The molecule has 0 unspecified atom stereocenters. The zero-order valence-electron chi connectivity index (χ0n) is 12.2. The number of halogens is 2. The molecule has 118 valence electrons. The summed E-state index contributed by atoms with van der Waals surface area (Å²) in [7, 11) is 1.28. The van der Waals surface area contributed by atoms with Crippen LogP contribution in [0.3, 0.4) is 0 Å². The van der Waals surface area contributed by atoms with E-state index in [0.29, 0.717) is 21.3 Å². The third kappa shape index (κ3) is 4.58. The van der Waals surface area contributed by atoms with Crippen LogP contribution in [0.1, 0.15) is 15.9 Å². The summed E-state index contributed by atoms with van der Waals surface area (Å²) in [5.41, 5.74) is 1.31. The zero-order valence-corrected chi connectivity index (χ0v) is 13.7. The summed E-state index contributed by atoms with van der Waals surface area (Å²) < 4.78 is 4.68. The van der Waals surface area contributed by atoms with Gasteiger partial charge in [-0.15, -0.1) is 0 Å². The molecule has 0 aromatic heterocycles. The first-order chi connectivity index (χ1) is 11.0. The van der Waals surface area contributed by atoms with E-state index in [9.17, 15) is 9.59 Å². The van der Waals surface area contributed by atoms with Crippen LogP contribution in [-0.4, -0.2) is 19.0 Å². The highest BCUT2D eigenvalue weighted by molar-refractivity contribution is 6.35. The van der Waals surface area contributed by atoms with Crippen molar-refractivity contribution in [2.75, 3.05) is 12.4 Å². The fourth-order valence-corrected chi connectivity index (χ4v) is 2.33. The van der Waals surface area contributed by atoms with Crippen molar-refractivity contribution in [2.45, 2.75) is 0 Å². The molecule has 2 aromatic rings. The maximum Gasteiger partial charge on any atom is 0.339 e. The lowest BCUT2D eigenvalue weighted by atomic mass is 10.1. The van der Waals surface area contributed by atoms with E-state index < -0.39 is 11.9 Å². The van der Waals surface area contributed by atoms with Gasteiger partial charge in [0.15, 0.2) is 0 Å². The number of rotatable bonds is 4. The normalized spacial score (nSPS) is 10.6. The van der Waals surface area contributed by atoms with E-state index in [0.717, 1.165) is 0 Å². The standard InChI is InChI=1S/C17H13Cl2NO3/c1-23-17(22)13-4-2-3-5-15(13)20-16(21)9-7-11-6-8-12(18)10-14(11)19/h2-10H,1H3,(H,20,21)/b9-7+. The molecule has 0 bridgehead atoms. The molecular weight excluding hydrogens is 337 g/mol. The highest BCUT2D eigenvalue weighted by Gasteiger charge is 2.12. The van der Waals surface area contributed by atoms with Crippen molar-refractivity contribution in [3.05, 3.63) is 69.7 Å². The van der Waals surface area contributed by atoms with Crippen molar-refractivity contribution in [3.8, 4) is 0 Å². The van der Waals surface area contributed by atoms with Crippen molar-refractivity contribution in [1.29, 1.82) is 0 Å². The Bertz CT molecular complexity index is 772. The Hall–Kier alpha value is -2.30. The lowest BCUT2D eigenvalue weighted by molar-refractivity contribution is -0.111. The third-order valence-corrected chi connectivity index (χ3v) is 3.53. The summed E-state index contributed by atoms with van der Waals surface area (Å²) in [6.07, 6.45) is 2.89. The van der Waals surface area contributed by atoms with Gasteiger partial charge in [0.2, 0.25) is 5.91 Å². The zero-order chi connectivity index (χ0) is 16.8. The van der Waals surface area contributed by atoms with Gasteiger partial charge in [-0.25, -0.2) is 4.79 Å². The maximum atomic E-state index is 12.0. The van der Waals surface area contributed by atoms with Crippen LogP contribution in [0, 0.1) is 0 Å². The van der Waals surface area contributed by atoms with Gasteiger partial charge in [0, 0.05) is 16.1 Å². The molecule has 0 spiro atoms. The Balaban J connectivity index is 2.14. The molecule has 0 fully saturated rings. The number of hydrogen-bond acceptors (Lipinski definition) is 3. The van der Waals surface area contributed by atoms with Crippen LogP contribution in [0.5, 0.6) is 0 Å². The molecule has 0 heterocycles. The molecular formula is C17H13Cl2NO3. The van der Waals surface area contributed by atoms with Gasteiger partial charge in [0.1, 0.15) is 0 Å². The molecule has 0 saturated heterocycles. The Morgan fingerprint density at radius 3 is 2.57 bits per heavy atom. The van der Waals surface area contributed by atoms with Gasteiger partial charge < -0.3 is 10.1 Å². The predicted molar refractivity (Wildman–Crippen MR) is 91.9 cm³/mol. The summed E-state index contributed by atoms with van der Waals surface area (Å²) in [5, 5.41) is 3.59. The molecule has 0 aliphatic heterocycles. The van der Waals surface area contributed by atoms with E-state index in [4.69, 9.17) is 23.2 Å². The van der Waals surface area contributed by atoms with Gasteiger partial charge in [-0.05, 0) is 35.9 Å². The number of esters is 1. The second-order valence-corrected chi connectivity index (χ2v) is 5.37. The second-order valence-electron chi connectivity index (χ2n) is 4.53. The second kappa shape index (κ2) is 7.81. The largest absolute Gasteiger partial charge is 0.465 e. The van der Waals surface area contributed by atoms with Crippen LogP contribution in [0.25, 0.3) is 6.08 Å². The topological polar surface area (TPSA) is 55.4 Å². The Morgan fingerprint density at radius 1 is 1.13 bits per heavy atom. The van der Waals surface area contributed by atoms with Crippen molar-refractivity contribution < 1.29 is 14.3 Å². The highest BCUT2D eigenvalue weighted by Crippen LogP contribution is 2.22. The van der Waals surface area contributed by atoms with Crippen molar-refractivity contribution in [3.63, 3.8) is 0 Å². The van der Waals surface area contributed by atoms with Gasteiger partial charge in [-0.1, -0.05) is 41.4 Å². The Morgan fingerprint density at radius 2 is 1.87 bits per heavy atom. The lowest BCUT2D eigenvalue weighted by Gasteiger charge is -2.07. The van der Waals surface area contributed by atoms with Gasteiger partial charge in [-0.3, -0.25) is 4.79 Å². The number of nitrogens with one attached hydrogen (secondary N) is 1. The number of anilines is 1. The molecule has 4 nitrogen and oxygen atoms in total. The Labute approximate surface area is 143 Å². The average Bonchev–Trinajstić information content (AvgIpc) is 2.54. The van der Waals surface area contributed by atoms with E-state index in [-0.39, 0.29) is 5.56 Å². The van der Waals surface area contributed by atoms with Crippen LogP contribution in [-0.2, 0) is 9.53 Å². The third-order valence-electron chi connectivity index (χ3n) is 2.97. The molecule has 2 aromatic carbocycles. The molecule has 2 rings (SSSR count). The van der Waals surface area contributed by atoms with E-state index >= 15 is 0 Å². The molecule has 0 aliphatic rings. The number of benzene rings is 2. The SMILES string of the molecule is COC(=O)c1ccccc1NC(=O)/C=C/c1ccc(Cl)cc1Cl. The molecule has 1 N–H and O–H groups in total. The number of carbonyl (C=O) groups excluding carboxylic acids is 2. The minimum atomic E-state index is -0.523. The number of methoxy groups -OCH3 is 1. The number of hydrogen-bond donors (Lipinski definition) is 1. The summed E-state index contributed by atoms with van der Waals surface area (Å²) in [4.78, 5) is 23.7. The summed E-state index contributed by atoms with van der Waals surface area (Å²) in [5.74, 6) is -0.919. The fraction of sp³-hybridized carbons (Fsp3) is 0.0588. The molecule has 23 heavy (non-hydrogen) atoms. The monoisotopic (exact) mass is 349 g/mol. The number of carbonyl (C=O) groups is 2. The van der Waals surface area contributed by atoms with Gasteiger partial charge in [-0.2, -0.15) is 0 Å². The number of para-hydroxylation sites is 1. The summed E-state index contributed by atoms with van der Waals surface area (Å²) in [6, 6.07) is 11.6. The maximum absolute atomic E-state index is 12.0. The summed E-state index contributed by atoms with van der Waals surface area (Å²) >= 11 is 11.8. The van der Waals surface area contributed by atoms with Crippen molar-refractivity contribution in [2.24, 2.45) is 0 Å². The molecule has 0 radical (unpaired) electrons. The van der Waals surface area contributed by atoms with Crippen molar-refractivity contribution in [1.82, 2.24) is 0 Å².